The topological polar surface area (TPSA) is 76.7 Å². The Balaban J connectivity index is 2.43. The van der Waals surface area contributed by atoms with Gasteiger partial charge < -0.3 is 14.3 Å². The maximum absolute atomic E-state index is 12.2. The summed E-state index contributed by atoms with van der Waals surface area (Å²) in [6.07, 6.45) is 0. The highest BCUT2D eigenvalue weighted by Gasteiger charge is 2.20. The van der Waals surface area contributed by atoms with Gasteiger partial charge in [0.05, 0.1) is 12.7 Å². The van der Waals surface area contributed by atoms with Crippen LogP contribution in [0.1, 0.15) is 26.7 Å². The van der Waals surface area contributed by atoms with E-state index in [-0.39, 0.29) is 17.1 Å². The number of methoxy groups -OCH3 is 1. The third-order valence-corrected chi connectivity index (χ3v) is 2.68. The van der Waals surface area contributed by atoms with Gasteiger partial charge in [-0.1, -0.05) is 11.6 Å². The fourth-order valence-electron chi connectivity index (χ4n) is 1.57. The number of halogens is 1. The molecule has 19 heavy (non-hydrogen) atoms. The number of benzene rings is 1. The van der Waals surface area contributed by atoms with Gasteiger partial charge in [0.2, 0.25) is 11.5 Å². The molecule has 0 aliphatic rings. The number of carbonyl (C=O) groups excluding carboxylic acids is 1. The summed E-state index contributed by atoms with van der Waals surface area (Å²) >= 11 is 5.83. The number of furan rings is 1. The molecule has 0 atom stereocenters. The second-order valence-electron chi connectivity index (χ2n) is 3.64. The van der Waals surface area contributed by atoms with E-state index in [1.54, 1.807) is 12.1 Å². The standard InChI is InChI=1S/C13H9ClO5/c1-18-9-3-2-7(14)6-8(9)12(15)10-4-5-11(19-10)13(16)17/h2-6H,1H3,(H,16,17). The number of ether oxygens (including phenoxy) is 1. The van der Waals surface area contributed by atoms with Crippen molar-refractivity contribution in [2.45, 2.75) is 0 Å². The molecule has 0 saturated heterocycles. The lowest BCUT2D eigenvalue weighted by molar-refractivity contribution is 0.0660. The summed E-state index contributed by atoms with van der Waals surface area (Å²) < 4.78 is 10.0. The molecular weight excluding hydrogens is 272 g/mol. The van der Waals surface area contributed by atoms with Crippen molar-refractivity contribution in [1.29, 1.82) is 0 Å². The predicted octanol–water partition coefficient (Wildman–Crippen LogP) is 2.87. The number of carboxylic acid groups (broad SMARTS) is 1. The van der Waals surface area contributed by atoms with Gasteiger partial charge >= 0.3 is 5.97 Å². The SMILES string of the molecule is COc1ccc(Cl)cc1C(=O)c1ccc(C(=O)O)o1. The zero-order chi connectivity index (χ0) is 14.0. The van der Waals surface area contributed by atoms with E-state index < -0.39 is 11.8 Å². The van der Waals surface area contributed by atoms with E-state index in [1.165, 1.54) is 25.3 Å². The number of hydrogen-bond donors (Lipinski definition) is 1. The van der Waals surface area contributed by atoms with Gasteiger partial charge in [-0.25, -0.2) is 4.79 Å². The van der Waals surface area contributed by atoms with E-state index in [1.807, 2.05) is 0 Å². The van der Waals surface area contributed by atoms with Crippen LogP contribution in [0.4, 0.5) is 0 Å². The summed E-state index contributed by atoms with van der Waals surface area (Å²) in [5, 5.41) is 9.11. The van der Waals surface area contributed by atoms with Gasteiger partial charge in [0, 0.05) is 5.02 Å². The van der Waals surface area contributed by atoms with Crippen LogP contribution in [-0.4, -0.2) is 24.0 Å². The smallest absolute Gasteiger partial charge is 0.371 e. The molecule has 1 heterocycles. The predicted molar refractivity (Wildman–Crippen MR) is 67.1 cm³/mol. The molecule has 0 amide bonds. The molecule has 2 aromatic rings. The van der Waals surface area contributed by atoms with Crippen molar-refractivity contribution in [2.75, 3.05) is 7.11 Å². The molecule has 1 aromatic carbocycles. The normalized spacial score (nSPS) is 10.2. The van der Waals surface area contributed by atoms with E-state index in [0.29, 0.717) is 10.8 Å². The van der Waals surface area contributed by atoms with Gasteiger partial charge in [0.1, 0.15) is 5.75 Å². The Morgan fingerprint density at radius 3 is 2.47 bits per heavy atom. The molecule has 1 N–H and O–H groups in total. The first-order valence-corrected chi connectivity index (χ1v) is 5.62. The van der Waals surface area contributed by atoms with Gasteiger partial charge in [0.25, 0.3) is 0 Å². The van der Waals surface area contributed by atoms with Crippen molar-refractivity contribution in [2.24, 2.45) is 0 Å². The average Bonchev–Trinajstić information content (AvgIpc) is 2.87. The zero-order valence-electron chi connectivity index (χ0n) is 9.84. The highest BCUT2D eigenvalue weighted by Crippen LogP contribution is 2.25. The molecule has 2 rings (SSSR count). The van der Waals surface area contributed by atoms with Crippen molar-refractivity contribution < 1.29 is 23.8 Å². The van der Waals surface area contributed by atoms with Crippen LogP contribution < -0.4 is 4.74 Å². The lowest BCUT2D eigenvalue weighted by atomic mass is 10.1. The van der Waals surface area contributed by atoms with E-state index >= 15 is 0 Å². The van der Waals surface area contributed by atoms with Crippen LogP contribution in [-0.2, 0) is 0 Å². The second-order valence-corrected chi connectivity index (χ2v) is 4.08. The fraction of sp³-hybridized carbons (Fsp3) is 0.0769. The zero-order valence-corrected chi connectivity index (χ0v) is 10.6. The Hall–Kier alpha value is -2.27. The van der Waals surface area contributed by atoms with E-state index in [9.17, 15) is 9.59 Å². The Labute approximate surface area is 113 Å². The minimum atomic E-state index is -1.24. The first-order chi connectivity index (χ1) is 9.02. The van der Waals surface area contributed by atoms with Crippen LogP contribution in [0.15, 0.2) is 34.7 Å². The van der Waals surface area contributed by atoms with E-state index in [4.69, 9.17) is 25.9 Å². The molecule has 0 aliphatic carbocycles. The fourth-order valence-corrected chi connectivity index (χ4v) is 1.74. The largest absolute Gasteiger partial charge is 0.496 e. The van der Waals surface area contributed by atoms with Gasteiger partial charge in [0.15, 0.2) is 5.76 Å². The van der Waals surface area contributed by atoms with E-state index in [2.05, 4.69) is 0 Å². The maximum Gasteiger partial charge on any atom is 0.371 e. The molecule has 0 unspecified atom stereocenters. The summed E-state index contributed by atoms with van der Waals surface area (Å²) in [5.74, 6) is -1.78. The van der Waals surface area contributed by atoms with Gasteiger partial charge in [-0.15, -0.1) is 0 Å². The minimum Gasteiger partial charge on any atom is -0.496 e. The van der Waals surface area contributed by atoms with Crippen LogP contribution >= 0.6 is 11.6 Å². The number of ketones is 1. The Bertz CT molecular complexity index is 644. The molecule has 0 spiro atoms. The van der Waals surface area contributed by atoms with Crippen LogP contribution in [0.25, 0.3) is 0 Å². The third kappa shape index (κ3) is 2.61. The average molecular weight is 281 g/mol. The summed E-state index contributed by atoms with van der Waals surface area (Å²) in [7, 11) is 1.42. The van der Waals surface area contributed by atoms with Gasteiger partial charge in [-0.05, 0) is 30.3 Å². The van der Waals surface area contributed by atoms with Crippen LogP contribution in [0, 0.1) is 0 Å². The number of carboxylic acids is 1. The highest BCUT2D eigenvalue weighted by atomic mass is 35.5. The van der Waals surface area contributed by atoms with Crippen LogP contribution in [0.3, 0.4) is 0 Å². The number of carbonyl (C=O) groups is 2. The molecule has 5 nitrogen and oxygen atoms in total. The Kier molecular flexibility index (Phi) is 3.57. The van der Waals surface area contributed by atoms with Crippen LogP contribution in [0.2, 0.25) is 5.02 Å². The lowest BCUT2D eigenvalue weighted by Crippen LogP contribution is -2.03. The Morgan fingerprint density at radius 1 is 1.21 bits per heavy atom. The lowest BCUT2D eigenvalue weighted by Gasteiger charge is -2.06. The molecule has 6 heteroatoms. The summed E-state index contributed by atoms with van der Waals surface area (Å²) in [5.41, 5.74) is 0.210. The van der Waals surface area contributed by atoms with Crippen molar-refractivity contribution in [3.63, 3.8) is 0 Å². The van der Waals surface area contributed by atoms with E-state index in [0.717, 1.165) is 0 Å². The van der Waals surface area contributed by atoms with Gasteiger partial charge in [-0.3, -0.25) is 4.79 Å². The number of aromatic carboxylic acids is 1. The van der Waals surface area contributed by atoms with Crippen LogP contribution in [0.5, 0.6) is 5.75 Å². The molecule has 0 aliphatic heterocycles. The van der Waals surface area contributed by atoms with Crippen molar-refractivity contribution in [3.05, 3.63) is 52.4 Å². The molecule has 1 aromatic heterocycles. The summed E-state index contributed by atoms with van der Waals surface area (Å²) in [4.78, 5) is 22.9. The monoisotopic (exact) mass is 280 g/mol. The van der Waals surface area contributed by atoms with Crippen molar-refractivity contribution >= 4 is 23.4 Å². The summed E-state index contributed by atoms with van der Waals surface area (Å²) in [6, 6.07) is 7.09. The molecule has 0 bridgehead atoms. The first-order valence-electron chi connectivity index (χ1n) is 5.24. The second kappa shape index (κ2) is 5.16. The highest BCUT2D eigenvalue weighted by molar-refractivity contribution is 6.31. The van der Waals surface area contributed by atoms with Gasteiger partial charge in [-0.2, -0.15) is 0 Å². The molecule has 0 saturated carbocycles. The van der Waals surface area contributed by atoms with Crippen molar-refractivity contribution in [1.82, 2.24) is 0 Å². The molecule has 0 fully saturated rings. The summed E-state index contributed by atoms with van der Waals surface area (Å²) in [6.45, 7) is 0. The Morgan fingerprint density at radius 2 is 1.89 bits per heavy atom. The number of hydrogen-bond acceptors (Lipinski definition) is 4. The third-order valence-electron chi connectivity index (χ3n) is 2.45. The number of rotatable bonds is 4. The molecular formula is C13H9ClO5. The molecule has 0 radical (unpaired) electrons. The molecule has 98 valence electrons. The minimum absolute atomic E-state index is 0.0852. The first kappa shape index (κ1) is 13.2. The van der Waals surface area contributed by atoms with Crippen molar-refractivity contribution in [3.8, 4) is 5.75 Å². The quantitative estimate of drug-likeness (QED) is 0.872. The maximum atomic E-state index is 12.2.